The second-order valence-corrected chi connectivity index (χ2v) is 4.07. The fourth-order valence-corrected chi connectivity index (χ4v) is 1.62. The molecule has 0 saturated heterocycles. The summed E-state index contributed by atoms with van der Waals surface area (Å²) in [5.74, 6) is 0. The largest absolute Gasteiger partial charge is 0.0884 e. The Bertz CT molecular complexity index is 287. The third-order valence-corrected chi connectivity index (χ3v) is 2.97. The summed E-state index contributed by atoms with van der Waals surface area (Å²) in [6, 6.07) is 8.52. The molecule has 1 heteroatoms. The van der Waals surface area contributed by atoms with Crippen molar-refractivity contribution in [2.24, 2.45) is 0 Å². The van der Waals surface area contributed by atoms with Gasteiger partial charge in [0.1, 0.15) is 0 Å². The highest BCUT2D eigenvalue weighted by Gasteiger charge is 1.97. The van der Waals surface area contributed by atoms with Crippen LogP contribution in [0.2, 0.25) is 0 Å². The van der Waals surface area contributed by atoms with Crippen molar-refractivity contribution in [3.63, 3.8) is 0 Å². The van der Waals surface area contributed by atoms with E-state index in [2.05, 4.69) is 66.8 Å². The Morgan fingerprint density at radius 3 is 2.67 bits per heavy atom. The second kappa shape index (κ2) is 4.65. The quantitative estimate of drug-likeness (QED) is 0.567. The molecule has 0 unspecified atom stereocenters. The van der Waals surface area contributed by atoms with Crippen molar-refractivity contribution in [3.8, 4) is 0 Å². The summed E-state index contributed by atoms with van der Waals surface area (Å²) in [5, 5.41) is 0. The summed E-state index contributed by atoms with van der Waals surface area (Å²) in [4.78, 5) is 0. The summed E-state index contributed by atoms with van der Waals surface area (Å²) in [6.07, 6.45) is 3.25. The molecule has 0 fully saturated rings. The average Bonchev–Trinajstić information content (AvgIpc) is 2.09. The van der Waals surface area contributed by atoms with Crippen LogP contribution >= 0.6 is 22.6 Å². The molecule has 0 bridgehead atoms. The maximum Gasteiger partial charge on any atom is 0.0165 e. The molecule has 1 rings (SSSR count). The molecule has 0 radical (unpaired) electrons. The molecule has 0 spiro atoms. The van der Waals surface area contributed by atoms with Gasteiger partial charge in [-0.1, -0.05) is 29.8 Å². The van der Waals surface area contributed by atoms with Gasteiger partial charge in [0.05, 0.1) is 0 Å². The maximum atomic E-state index is 2.38. The zero-order chi connectivity index (χ0) is 8.97. The molecular formula is C11H13I. The van der Waals surface area contributed by atoms with Crippen LogP contribution in [0.25, 0.3) is 0 Å². The van der Waals surface area contributed by atoms with E-state index < -0.39 is 0 Å². The molecule has 0 atom stereocenters. The van der Waals surface area contributed by atoms with Crippen molar-refractivity contribution in [1.82, 2.24) is 0 Å². The Morgan fingerprint density at radius 2 is 2.08 bits per heavy atom. The standard InChI is InChI=1S/C11H13I/c1-3-9(2)8-10-6-4-5-7-11(10)12/h3-7H,8H2,1-2H3/b9-3+. The highest BCUT2D eigenvalue weighted by molar-refractivity contribution is 14.1. The molecule has 0 heterocycles. The molecule has 0 amide bonds. The minimum atomic E-state index is 1.08. The number of hydrogen-bond acceptors (Lipinski definition) is 0. The lowest BCUT2D eigenvalue weighted by atomic mass is 10.1. The number of benzene rings is 1. The average molecular weight is 272 g/mol. The molecule has 0 aromatic heterocycles. The van der Waals surface area contributed by atoms with Crippen LogP contribution in [0.4, 0.5) is 0 Å². The minimum Gasteiger partial charge on any atom is -0.0884 e. The van der Waals surface area contributed by atoms with Crippen molar-refractivity contribution in [1.29, 1.82) is 0 Å². The molecule has 0 aliphatic carbocycles. The molecule has 1 aromatic rings. The van der Waals surface area contributed by atoms with E-state index in [0.29, 0.717) is 0 Å². The van der Waals surface area contributed by atoms with E-state index in [1.165, 1.54) is 14.7 Å². The van der Waals surface area contributed by atoms with Crippen LogP contribution in [0.1, 0.15) is 19.4 Å². The molecule has 12 heavy (non-hydrogen) atoms. The molecule has 0 N–H and O–H groups in total. The normalized spacial score (nSPS) is 11.8. The van der Waals surface area contributed by atoms with Crippen LogP contribution in [0.15, 0.2) is 35.9 Å². The Labute approximate surface area is 87.8 Å². The zero-order valence-electron chi connectivity index (χ0n) is 7.47. The van der Waals surface area contributed by atoms with Crippen LogP contribution in [-0.4, -0.2) is 0 Å². The summed E-state index contributed by atoms with van der Waals surface area (Å²) < 4.78 is 1.36. The Hall–Kier alpha value is -0.310. The van der Waals surface area contributed by atoms with E-state index in [-0.39, 0.29) is 0 Å². The van der Waals surface area contributed by atoms with E-state index in [0.717, 1.165) is 6.42 Å². The first-order valence-electron chi connectivity index (χ1n) is 4.09. The topological polar surface area (TPSA) is 0 Å². The SMILES string of the molecule is C/C=C(\C)Cc1ccccc1I. The molecule has 0 saturated carbocycles. The summed E-state index contributed by atoms with van der Waals surface area (Å²) in [6.45, 7) is 4.26. The zero-order valence-corrected chi connectivity index (χ0v) is 9.63. The lowest BCUT2D eigenvalue weighted by Crippen LogP contribution is -1.89. The van der Waals surface area contributed by atoms with Gasteiger partial charge in [-0.15, -0.1) is 0 Å². The van der Waals surface area contributed by atoms with Gasteiger partial charge in [0.15, 0.2) is 0 Å². The lowest BCUT2D eigenvalue weighted by Gasteiger charge is -2.03. The van der Waals surface area contributed by atoms with Crippen molar-refractivity contribution in [2.75, 3.05) is 0 Å². The second-order valence-electron chi connectivity index (χ2n) is 2.90. The van der Waals surface area contributed by atoms with Crippen molar-refractivity contribution in [3.05, 3.63) is 45.0 Å². The van der Waals surface area contributed by atoms with Gasteiger partial charge in [0, 0.05) is 3.57 Å². The van der Waals surface area contributed by atoms with Gasteiger partial charge in [0.25, 0.3) is 0 Å². The first-order valence-corrected chi connectivity index (χ1v) is 5.17. The molecule has 0 nitrogen and oxygen atoms in total. The van der Waals surface area contributed by atoms with Gasteiger partial charge in [-0.2, -0.15) is 0 Å². The first kappa shape index (κ1) is 9.78. The summed E-state index contributed by atoms with van der Waals surface area (Å²) in [5.41, 5.74) is 2.85. The molecular weight excluding hydrogens is 259 g/mol. The molecule has 1 aromatic carbocycles. The van der Waals surface area contributed by atoms with E-state index in [1.54, 1.807) is 0 Å². The Morgan fingerprint density at radius 1 is 1.42 bits per heavy atom. The van der Waals surface area contributed by atoms with Crippen molar-refractivity contribution < 1.29 is 0 Å². The van der Waals surface area contributed by atoms with Crippen LogP contribution in [0.5, 0.6) is 0 Å². The van der Waals surface area contributed by atoms with Gasteiger partial charge in [-0.05, 0) is 54.5 Å². The fourth-order valence-electron chi connectivity index (χ4n) is 1.04. The Balaban J connectivity index is 2.82. The summed E-state index contributed by atoms with van der Waals surface area (Å²) in [7, 11) is 0. The third kappa shape index (κ3) is 2.63. The van der Waals surface area contributed by atoms with Gasteiger partial charge in [-0.25, -0.2) is 0 Å². The molecule has 0 aliphatic heterocycles. The van der Waals surface area contributed by atoms with Crippen LogP contribution in [-0.2, 0) is 6.42 Å². The van der Waals surface area contributed by atoms with E-state index in [9.17, 15) is 0 Å². The highest BCUT2D eigenvalue weighted by atomic mass is 127. The van der Waals surface area contributed by atoms with Crippen LogP contribution in [0.3, 0.4) is 0 Å². The highest BCUT2D eigenvalue weighted by Crippen LogP contribution is 2.15. The van der Waals surface area contributed by atoms with Crippen LogP contribution < -0.4 is 0 Å². The maximum absolute atomic E-state index is 2.38. The molecule has 64 valence electrons. The van der Waals surface area contributed by atoms with Gasteiger partial charge in [0.2, 0.25) is 0 Å². The predicted molar refractivity (Wildman–Crippen MR) is 62.3 cm³/mol. The van der Waals surface area contributed by atoms with Gasteiger partial charge >= 0.3 is 0 Å². The molecule has 0 aliphatic rings. The predicted octanol–water partition coefficient (Wildman–Crippen LogP) is 3.80. The van der Waals surface area contributed by atoms with Crippen molar-refractivity contribution >= 4 is 22.6 Å². The number of rotatable bonds is 2. The smallest absolute Gasteiger partial charge is 0.0165 e. The van der Waals surface area contributed by atoms with Gasteiger partial charge < -0.3 is 0 Å². The number of allylic oxidation sites excluding steroid dienone is 2. The number of halogens is 1. The van der Waals surface area contributed by atoms with Crippen molar-refractivity contribution in [2.45, 2.75) is 20.3 Å². The summed E-state index contributed by atoms with van der Waals surface area (Å²) >= 11 is 2.38. The Kier molecular flexibility index (Phi) is 3.79. The van der Waals surface area contributed by atoms with Gasteiger partial charge in [-0.3, -0.25) is 0 Å². The first-order chi connectivity index (χ1) is 5.74. The van der Waals surface area contributed by atoms with E-state index >= 15 is 0 Å². The van der Waals surface area contributed by atoms with E-state index in [4.69, 9.17) is 0 Å². The third-order valence-electron chi connectivity index (χ3n) is 1.92. The fraction of sp³-hybridized carbons (Fsp3) is 0.273. The van der Waals surface area contributed by atoms with E-state index in [1.807, 2.05) is 0 Å². The monoisotopic (exact) mass is 272 g/mol. The minimum absolute atomic E-state index is 1.08. The van der Waals surface area contributed by atoms with Crippen LogP contribution in [0, 0.1) is 3.57 Å². The number of hydrogen-bond donors (Lipinski definition) is 0. The lowest BCUT2D eigenvalue weighted by molar-refractivity contribution is 1.12.